The van der Waals surface area contributed by atoms with Crippen LogP contribution in [-0.2, 0) is 0 Å². The third kappa shape index (κ3) is 4.01. The van der Waals surface area contributed by atoms with Crippen molar-refractivity contribution in [1.82, 2.24) is 15.2 Å². The molecule has 0 atom stereocenters. The molecule has 104 valence electrons. The summed E-state index contributed by atoms with van der Waals surface area (Å²) >= 11 is 3.35. The molecule has 19 heavy (non-hydrogen) atoms. The number of aromatic nitrogens is 1. The molecule has 2 heterocycles. The Kier molecular flexibility index (Phi) is 5.34. The molecule has 1 saturated heterocycles. The van der Waals surface area contributed by atoms with Crippen LogP contribution in [0.25, 0.3) is 0 Å². The van der Waals surface area contributed by atoms with E-state index in [4.69, 9.17) is 0 Å². The Labute approximate surface area is 122 Å². The average molecular weight is 326 g/mol. The first-order valence-corrected chi connectivity index (χ1v) is 7.54. The Balaban J connectivity index is 1.89. The quantitative estimate of drug-likeness (QED) is 0.923. The van der Waals surface area contributed by atoms with E-state index in [1.54, 1.807) is 12.4 Å². The van der Waals surface area contributed by atoms with Crippen LogP contribution in [0.2, 0.25) is 0 Å². The van der Waals surface area contributed by atoms with E-state index in [1.807, 2.05) is 18.0 Å². The minimum Gasteiger partial charge on any atom is -0.339 e. The SMILES string of the molecule is CNCCC1CCN(C(=O)c2cncc(Br)c2)CC1. The van der Waals surface area contributed by atoms with Gasteiger partial charge in [0.1, 0.15) is 0 Å². The molecular formula is C14H20BrN3O. The number of piperidine rings is 1. The Hall–Kier alpha value is -0.940. The van der Waals surface area contributed by atoms with Gasteiger partial charge in [-0.05, 0) is 60.8 Å². The number of rotatable bonds is 4. The van der Waals surface area contributed by atoms with E-state index in [-0.39, 0.29) is 5.91 Å². The average Bonchev–Trinajstić information content (AvgIpc) is 2.45. The highest BCUT2D eigenvalue weighted by Crippen LogP contribution is 2.22. The van der Waals surface area contributed by atoms with Crippen molar-refractivity contribution in [2.24, 2.45) is 5.92 Å². The van der Waals surface area contributed by atoms with Crippen molar-refractivity contribution < 1.29 is 4.79 Å². The smallest absolute Gasteiger partial charge is 0.255 e. The third-order valence-electron chi connectivity index (χ3n) is 3.66. The summed E-state index contributed by atoms with van der Waals surface area (Å²) in [6.45, 7) is 2.79. The summed E-state index contributed by atoms with van der Waals surface area (Å²) in [6, 6.07) is 1.84. The van der Waals surface area contributed by atoms with Crippen LogP contribution in [0.4, 0.5) is 0 Å². The molecule has 0 aliphatic carbocycles. The molecule has 1 amide bonds. The summed E-state index contributed by atoms with van der Waals surface area (Å²) in [5.41, 5.74) is 0.669. The predicted octanol–water partition coefficient (Wildman–Crippen LogP) is 2.31. The number of nitrogens with zero attached hydrogens (tertiary/aromatic N) is 2. The zero-order chi connectivity index (χ0) is 13.7. The molecule has 0 bridgehead atoms. The van der Waals surface area contributed by atoms with Crippen molar-refractivity contribution in [2.75, 3.05) is 26.7 Å². The second-order valence-corrected chi connectivity index (χ2v) is 5.94. The van der Waals surface area contributed by atoms with Crippen LogP contribution in [0.5, 0.6) is 0 Å². The van der Waals surface area contributed by atoms with Gasteiger partial charge in [-0.3, -0.25) is 9.78 Å². The minimum atomic E-state index is 0.0980. The molecule has 1 aliphatic rings. The van der Waals surface area contributed by atoms with Gasteiger partial charge in [0.25, 0.3) is 5.91 Å². The molecule has 0 aromatic carbocycles. The van der Waals surface area contributed by atoms with Crippen LogP contribution >= 0.6 is 15.9 Å². The van der Waals surface area contributed by atoms with Crippen molar-refractivity contribution in [1.29, 1.82) is 0 Å². The number of hydrogen-bond donors (Lipinski definition) is 1. The minimum absolute atomic E-state index is 0.0980. The zero-order valence-electron chi connectivity index (χ0n) is 11.2. The van der Waals surface area contributed by atoms with Crippen LogP contribution in [0, 0.1) is 5.92 Å². The second-order valence-electron chi connectivity index (χ2n) is 5.02. The molecule has 1 aromatic rings. The lowest BCUT2D eigenvalue weighted by Gasteiger charge is -2.32. The summed E-state index contributed by atoms with van der Waals surface area (Å²) < 4.78 is 0.849. The van der Waals surface area contributed by atoms with Crippen molar-refractivity contribution in [2.45, 2.75) is 19.3 Å². The van der Waals surface area contributed by atoms with Crippen molar-refractivity contribution >= 4 is 21.8 Å². The number of likely N-dealkylation sites (tertiary alicyclic amines) is 1. The fourth-order valence-corrected chi connectivity index (χ4v) is 2.85. The van der Waals surface area contributed by atoms with E-state index in [2.05, 4.69) is 26.2 Å². The van der Waals surface area contributed by atoms with Crippen LogP contribution in [-0.4, -0.2) is 42.5 Å². The van der Waals surface area contributed by atoms with Gasteiger partial charge in [-0.15, -0.1) is 0 Å². The highest BCUT2D eigenvalue weighted by molar-refractivity contribution is 9.10. The van der Waals surface area contributed by atoms with Crippen LogP contribution in [0.15, 0.2) is 22.9 Å². The molecule has 4 nitrogen and oxygen atoms in total. The van der Waals surface area contributed by atoms with Gasteiger partial charge in [-0.1, -0.05) is 0 Å². The first kappa shape index (κ1) is 14.5. The molecule has 1 aliphatic heterocycles. The van der Waals surface area contributed by atoms with Crippen LogP contribution in [0.3, 0.4) is 0 Å². The van der Waals surface area contributed by atoms with E-state index < -0.39 is 0 Å². The Bertz CT molecular complexity index is 430. The lowest BCUT2D eigenvalue weighted by atomic mass is 9.93. The standard InChI is InChI=1S/C14H20BrN3O/c1-16-5-2-11-3-6-18(7-4-11)14(19)12-8-13(15)10-17-9-12/h8-11,16H,2-7H2,1H3. The monoisotopic (exact) mass is 325 g/mol. The van der Waals surface area contributed by atoms with E-state index in [9.17, 15) is 4.79 Å². The topological polar surface area (TPSA) is 45.2 Å². The number of carbonyl (C=O) groups is 1. The molecule has 0 radical (unpaired) electrons. The Morgan fingerprint density at radius 3 is 2.84 bits per heavy atom. The summed E-state index contributed by atoms with van der Waals surface area (Å²) in [5, 5.41) is 3.19. The van der Waals surface area contributed by atoms with Gasteiger partial charge in [0, 0.05) is 30.0 Å². The zero-order valence-corrected chi connectivity index (χ0v) is 12.8. The predicted molar refractivity (Wildman–Crippen MR) is 79.1 cm³/mol. The van der Waals surface area contributed by atoms with Gasteiger partial charge in [-0.2, -0.15) is 0 Å². The number of carbonyl (C=O) groups excluding carboxylic acids is 1. The summed E-state index contributed by atoms with van der Waals surface area (Å²) in [7, 11) is 1.99. The number of nitrogens with one attached hydrogen (secondary N) is 1. The largest absolute Gasteiger partial charge is 0.339 e. The van der Waals surface area contributed by atoms with Crippen molar-refractivity contribution in [3.05, 3.63) is 28.5 Å². The molecule has 1 fully saturated rings. The van der Waals surface area contributed by atoms with E-state index in [0.29, 0.717) is 5.56 Å². The second kappa shape index (κ2) is 7.01. The van der Waals surface area contributed by atoms with Gasteiger partial charge < -0.3 is 10.2 Å². The fourth-order valence-electron chi connectivity index (χ4n) is 2.48. The van der Waals surface area contributed by atoms with E-state index in [0.717, 1.165) is 42.9 Å². The number of hydrogen-bond acceptors (Lipinski definition) is 3. The summed E-state index contributed by atoms with van der Waals surface area (Å²) in [4.78, 5) is 18.3. The maximum absolute atomic E-state index is 12.3. The van der Waals surface area contributed by atoms with Gasteiger partial charge >= 0.3 is 0 Å². The van der Waals surface area contributed by atoms with Crippen LogP contribution in [0.1, 0.15) is 29.6 Å². The lowest BCUT2D eigenvalue weighted by Crippen LogP contribution is -2.39. The molecule has 1 N–H and O–H groups in total. The highest BCUT2D eigenvalue weighted by atomic mass is 79.9. The molecule has 0 unspecified atom stereocenters. The molecule has 5 heteroatoms. The maximum Gasteiger partial charge on any atom is 0.255 e. The first-order valence-electron chi connectivity index (χ1n) is 6.75. The fraction of sp³-hybridized carbons (Fsp3) is 0.571. The third-order valence-corrected chi connectivity index (χ3v) is 4.09. The lowest BCUT2D eigenvalue weighted by molar-refractivity contribution is 0.0686. The Morgan fingerprint density at radius 1 is 1.47 bits per heavy atom. The number of halogens is 1. The van der Waals surface area contributed by atoms with E-state index in [1.165, 1.54) is 6.42 Å². The highest BCUT2D eigenvalue weighted by Gasteiger charge is 2.23. The number of pyridine rings is 1. The van der Waals surface area contributed by atoms with E-state index >= 15 is 0 Å². The van der Waals surface area contributed by atoms with Crippen LogP contribution < -0.4 is 5.32 Å². The molecule has 0 spiro atoms. The Morgan fingerprint density at radius 2 is 2.21 bits per heavy atom. The summed E-state index contributed by atoms with van der Waals surface area (Å²) in [6.07, 6.45) is 6.75. The number of amides is 1. The van der Waals surface area contributed by atoms with Gasteiger partial charge in [0.15, 0.2) is 0 Å². The van der Waals surface area contributed by atoms with Gasteiger partial charge in [0.2, 0.25) is 0 Å². The molecular weight excluding hydrogens is 306 g/mol. The van der Waals surface area contributed by atoms with Gasteiger partial charge in [-0.25, -0.2) is 0 Å². The molecule has 1 aromatic heterocycles. The first-order chi connectivity index (χ1) is 9.20. The van der Waals surface area contributed by atoms with Crippen molar-refractivity contribution in [3.63, 3.8) is 0 Å². The van der Waals surface area contributed by atoms with Crippen molar-refractivity contribution in [3.8, 4) is 0 Å². The molecule has 0 saturated carbocycles. The summed E-state index contributed by atoms with van der Waals surface area (Å²) in [5.74, 6) is 0.845. The normalized spacial score (nSPS) is 16.6. The molecule has 2 rings (SSSR count). The van der Waals surface area contributed by atoms with Gasteiger partial charge in [0.05, 0.1) is 5.56 Å². The maximum atomic E-state index is 12.3.